The van der Waals surface area contributed by atoms with Gasteiger partial charge in [0.25, 0.3) is 0 Å². The summed E-state index contributed by atoms with van der Waals surface area (Å²) in [4.78, 5) is 12.0. The number of para-hydroxylation sites is 1. The Hall–Kier alpha value is -3.43. The van der Waals surface area contributed by atoms with Crippen LogP contribution < -0.4 is 9.64 Å². The van der Waals surface area contributed by atoms with Crippen molar-refractivity contribution in [2.75, 3.05) is 11.5 Å². The Labute approximate surface area is 263 Å². The fourth-order valence-electron chi connectivity index (χ4n) is 6.69. The number of pyridine rings is 1. The maximum Gasteiger partial charge on any atom is 2.00 e. The Morgan fingerprint density at radius 1 is 0.905 bits per heavy atom. The summed E-state index contributed by atoms with van der Waals surface area (Å²) >= 11 is 0. The van der Waals surface area contributed by atoms with Gasteiger partial charge in [-0.2, -0.15) is 5.56 Å². The van der Waals surface area contributed by atoms with Gasteiger partial charge in [0.1, 0.15) is 11.7 Å². The molecule has 1 aliphatic carbocycles. The van der Waals surface area contributed by atoms with E-state index in [1.54, 1.807) is 0 Å². The van der Waals surface area contributed by atoms with E-state index in [4.69, 9.17) is 19.5 Å². The number of benzene rings is 3. The average molecular weight is 737 g/mol. The fourth-order valence-corrected chi connectivity index (χ4v) is 6.69. The van der Waals surface area contributed by atoms with Crippen LogP contribution in [-0.2, 0) is 31.2 Å². The molecule has 216 valence electrons. The van der Waals surface area contributed by atoms with E-state index in [1.165, 1.54) is 36.8 Å². The summed E-state index contributed by atoms with van der Waals surface area (Å²) in [6.07, 6.45) is 6.97. The van der Waals surface area contributed by atoms with Gasteiger partial charge >= 0.3 is 21.1 Å². The number of fused-ring (bicyclic) bond motifs is 2. The summed E-state index contributed by atoms with van der Waals surface area (Å²) in [7, 11) is 0. The van der Waals surface area contributed by atoms with E-state index in [0.29, 0.717) is 29.9 Å². The van der Waals surface area contributed by atoms with Crippen LogP contribution in [0, 0.1) is 31.9 Å². The van der Waals surface area contributed by atoms with Crippen molar-refractivity contribution in [3.63, 3.8) is 0 Å². The molecule has 0 spiro atoms. The first-order chi connectivity index (χ1) is 19.9. The van der Waals surface area contributed by atoms with E-state index in [9.17, 15) is 0 Å². The minimum Gasteiger partial charge on any atom is -0.518 e. The number of ether oxygens (including phenoxy) is 2. The number of anilines is 3. The molecule has 4 aromatic rings. The van der Waals surface area contributed by atoms with E-state index in [2.05, 4.69) is 87.2 Å². The zero-order valence-corrected chi connectivity index (χ0v) is 26.8. The van der Waals surface area contributed by atoms with Crippen LogP contribution in [-0.4, -0.2) is 23.5 Å². The second kappa shape index (κ2) is 11.3. The van der Waals surface area contributed by atoms with Crippen LogP contribution >= 0.6 is 0 Å². The van der Waals surface area contributed by atoms with Crippen molar-refractivity contribution in [2.24, 2.45) is 10.9 Å². The molecule has 1 saturated carbocycles. The third-order valence-corrected chi connectivity index (χ3v) is 8.76. The predicted molar refractivity (Wildman–Crippen MR) is 163 cm³/mol. The molecule has 3 aliphatic rings. The Bertz CT molecular complexity index is 1610. The number of hydrogen-bond acceptors (Lipinski definition) is 5. The van der Waals surface area contributed by atoms with E-state index >= 15 is 0 Å². The third-order valence-electron chi connectivity index (χ3n) is 8.76. The van der Waals surface area contributed by atoms with Crippen LogP contribution in [0.1, 0.15) is 67.3 Å². The van der Waals surface area contributed by atoms with Crippen molar-refractivity contribution in [2.45, 2.75) is 64.8 Å². The second-order valence-electron chi connectivity index (χ2n) is 12.2. The van der Waals surface area contributed by atoms with E-state index < -0.39 is 0 Å². The van der Waals surface area contributed by atoms with Crippen molar-refractivity contribution < 1.29 is 30.5 Å². The van der Waals surface area contributed by atoms with Gasteiger partial charge < -0.3 is 14.4 Å². The van der Waals surface area contributed by atoms with Gasteiger partial charge in [0.2, 0.25) is 0 Å². The molecule has 0 bridgehead atoms. The molecule has 0 saturated heterocycles. The molecular weight excluding hydrogens is 701 g/mol. The van der Waals surface area contributed by atoms with Crippen molar-refractivity contribution in [1.29, 1.82) is 0 Å². The molecule has 0 amide bonds. The van der Waals surface area contributed by atoms with Gasteiger partial charge in [0.05, 0.1) is 12.6 Å². The van der Waals surface area contributed by atoms with Gasteiger partial charge in [-0.15, -0.1) is 29.8 Å². The van der Waals surface area contributed by atoms with Crippen LogP contribution in [0.15, 0.2) is 71.9 Å². The molecule has 6 heteroatoms. The van der Waals surface area contributed by atoms with Crippen molar-refractivity contribution >= 4 is 23.1 Å². The summed E-state index contributed by atoms with van der Waals surface area (Å²) in [5.74, 6) is 3.49. The summed E-state index contributed by atoms with van der Waals surface area (Å²) in [5, 5.41) is 0. The molecule has 7 rings (SSSR count). The largest absolute Gasteiger partial charge is 2.00 e. The number of rotatable bonds is 5. The number of aryl methyl sites for hydroxylation is 2. The topological polar surface area (TPSA) is 47.0 Å². The van der Waals surface area contributed by atoms with Crippen molar-refractivity contribution in [3.05, 3.63) is 107 Å². The summed E-state index contributed by atoms with van der Waals surface area (Å²) < 4.78 is 12.5. The number of aromatic nitrogens is 1. The molecule has 3 aromatic carbocycles. The number of aliphatic imine (C=N–C) groups is 1. The molecule has 1 fully saturated rings. The minimum atomic E-state index is -0.172. The number of hydrogen-bond donors (Lipinski definition) is 0. The summed E-state index contributed by atoms with van der Waals surface area (Å²) in [6, 6.07) is 28.2. The van der Waals surface area contributed by atoms with Crippen molar-refractivity contribution in [3.8, 4) is 11.5 Å². The fraction of sp³-hybridized carbons (Fsp3) is 0.333. The molecule has 0 N–H and O–H groups in total. The molecule has 2 aliphatic heterocycles. The van der Waals surface area contributed by atoms with E-state index in [1.807, 2.05) is 24.4 Å². The monoisotopic (exact) mass is 736 g/mol. The zero-order chi connectivity index (χ0) is 28.1. The second-order valence-corrected chi connectivity index (χ2v) is 12.2. The Morgan fingerprint density at radius 2 is 1.62 bits per heavy atom. The van der Waals surface area contributed by atoms with Crippen LogP contribution in [0.5, 0.6) is 11.5 Å². The predicted octanol–water partition coefficient (Wildman–Crippen LogP) is 8.53. The van der Waals surface area contributed by atoms with E-state index in [-0.39, 0.29) is 32.5 Å². The maximum atomic E-state index is 6.45. The van der Waals surface area contributed by atoms with Gasteiger partial charge in [-0.1, -0.05) is 88.2 Å². The normalized spacial score (nSPS) is 18.9. The van der Waals surface area contributed by atoms with Crippen LogP contribution in [0.3, 0.4) is 0 Å². The molecule has 1 aromatic heterocycles. The van der Waals surface area contributed by atoms with Crippen molar-refractivity contribution in [1.82, 2.24) is 4.98 Å². The maximum absolute atomic E-state index is 6.45. The SMILES string of the molecule is Cc1cc(Oc2[c-]c(N3c4ccccc4C(C)(C)c4cccnc43)cc(C)c2)[c-]c(C2=N[C@H](C3CCCC3)CO2)c1.[Pt+2]. The molecule has 0 unspecified atom stereocenters. The minimum absolute atomic E-state index is 0. The first-order valence-electron chi connectivity index (χ1n) is 14.7. The van der Waals surface area contributed by atoms with Gasteiger partial charge in [-0.05, 0) is 36.5 Å². The van der Waals surface area contributed by atoms with Crippen LogP contribution in [0.2, 0.25) is 0 Å². The average Bonchev–Trinajstić information content (AvgIpc) is 3.66. The van der Waals surface area contributed by atoms with Gasteiger partial charge in [0, 0.05) is 34.4 Å². The van der Waals surface area contributed by atoms with E-state index in [0.717, 1.165) is 33.9 Å². The molecule has 3 heterocycles. The third kappa shape index (κ3) is 5.17. The Morgan fingerprint density at radius 3 is 2.43 bits per heavy atom. The smallest absolute Gasteiger partial charge is 0.518 e. The standard InChI is InChI=1S/C36H35N3O2.Pt/c1-23-16-26(35-38-32(22-40-35)25-10-5-6-11-25)20-28(18-23)41-29-19-24(2)17-27(21-29)39-33-14-8-7-12-30(33)36(3,4)31-13-9-15-37-34(31)39;/h7-9,12-19,25,32H,5-6,10-11,22H2,1-4H3;/q-2;+2/t32-;/m0./s1. The quantitative estimate of drug-likeness (QED) is 0.193. The van der Waals surface area contributed by atoms with Gasteiger partial charge in [-0.3, -0.25) is 4.99 Å². The summed E-state index contributed by atoms with van der Waals surface area (Å²) in [6.45, 7) is 9.33. The van der Waals surface area contributed by atoms with Crippen LogP contribution in [0.4, 0.5) is 17.2 Å². The first kappa shape index (κ1) is 28.7. The van der Waals surface area contributed by atoms with Gasteiger partial charge in [-0.25, -0.2) is 4.98 Å². The molecule has 5 nitrogen and oxygen atoms in total. The zero-order valence-electron chi connectivity index (χ0n) is 24.5. The Balaban J connectivity index is 0.00000316. The molecule has 1 atom stereocenters. The molecular formula is C36H35N3O2Pt. The van der Waals surface area contributed by atoms with Gasteiger partial charge in [0.15, 0.2) is 0 Å². The van der Waals surface area contributed by atoms with Crippen LogP contribution in [0.25, 0.3) is 0 Å². The summed E-state index contributed by atoms with van der Waals surface area (Å²) in [5.41, 5.74) is 7.25. The number of nitrogens with zero attached hydrogens (tertiary/aromatic N) is 3. The first-order valence-corrected chi connectivity index (χ1v) is 14.7. The molecule has 0 radical (unpaired) electrons. The molecule has 42 heavy (non-hydrogen) atoms. The Kier molecular flexibility index (Phi) is 7.74.